The Bertz CT molecular complexity index is 422. The second kappa shape index (κ2) is 7.88. The van der Waals surface area contributed by atoms with Crippen molar-refractivity contribution in [1.29, 1.82) is 5.26 Å². The van der Waals surface area contributed by atoms with Crippen LogP contribution in [0.25, 0.3) is 0 Å². The average Bonchev–Trinajstić information content (AvgIpc) is 2.39. The first-order valence-electron chi connectivity index (χ1n) is 6.13. The molecule has 0 fully saturated rings. The number of hydrogen-bond donors (Lipinski definition) is 0. The third kappa shape index (κ3) is 5.33. The molecule has 0 aliphatic heterocycles. The molecule has 18 heavy (non-hydrogen) atoms. The fourth-order valence-electron chi connectivity index (χ4n) is 1.40. The zero-order valence-corrected chi connectivity index (χ0v) is 11.7. The van der Waals surface area contributed by atoms with Crippen LogP contribution in [0.5, 0.6) is 5.75 Å². The van der Waals surface area contributed by atoms with Crippen molar-refractivity contribution >= 4 is 10.8 Å². The highest BCUT2D eigenvalue weighted by atomic mass is 32.2. The maximum atomic E-state index is 11.7. The summed E-state index contributed by atoms with van der Waals surface area (Å²) in [7, 11) is -0.807. The Morgan fingerprint density at radius 2 is 2.06 bits per heavy atom. The highest BCUT2D eigenvalue weighted by Gasteiger charge is 2.06. The van der Waals surface area contributed by atoms with Crippen LogP contribution in [-0.2, 0) is 10.8 Å². The lowest BCUT2D eigenvalue weighted by atomic mass is 10.2. The first-order chi connectivity index (χ1) is 8.65. The Kier molecular flexibility index (Phi) is 6.45. The van der Waals surface area contributed by atoms with Gasteiger partial charge in [0.05, 0.1) is 24.0 Å². The summed E-state index contributed by atoms with van der Waals surface area (Å²) < 4.78 is 17.2. The molecule has 0 aliphatic rings. The Labute approximate surface area is 111 Å². The SMILES string of the molecule is CCC(C)CS(=O)CCOc1ccc(C#N)cc1. The van der Waals surface area contributed by atoms with E-state index in [0.717, 1.165) is 17.9 Å². The molecule has 0 saturated heterocycles. The molecule has 0 heterocycles. The lowest BCUT2D eigenvalue weighted by Gasteiger charge is -2.09. The minimum Gasteiger partial charge on any atom is -0.493 e. The quantitative estimate of drug-likeness (QED) is 0.761. The van der Waals surface area contributed by atoms with Crippen LogP contribution in [0.15, 0.2) is 24.3 Å². The van der Waals surface area contributed by atoms with Crippen molar-refractivity contribution in [2.24, 2.45) is 5.92 Å². The summed E-state index contributed by atoms with van der Waals surface area (Å²) in [6.45, 7) is 4.67. The van der Waals surface area contributed by atoms with Crippen LogP contribution in [0.4, 0.5) is 0 Å². The van der Waals surface area contributed by atoms with E-state index in [0.29, 0.717) is 23.8 Å². The standard InChI is InChI=1S/C14H19NO2S/c1-3-12(2)11-18(16)9-8-17-14-6-4-13(10-15)5-7-14/h4-7,12H,3,8-9,11H2,1-2H3. The van der Waals surface area contributed by atoms with Crippen molar-refractivity contribution in [1.82, 2.24) is 0 Å². The summed E-state index contributed by atoms with van der Waals surface area (Å²) >= 11 is 0. The van der Waals surface area contributed by atoms with E-state index in [-0.39, 0.29) is 0 Å². The van der Waals surface area contributed by atoms with Crippen LogP contribution < -0.4 is 4.74 Å². The molecule has 2 atom stereocenters. The number of benzene rings is 1. The Morgan fingerprint density at radius 1 is 1.39 bits per heavy atom. The van der Waals surface area contributed by atoms with Gasteiger partial charge in [0, 0.05) is 16.6 Å². The molecule has 0 N–H and O–H groups in total. The molecular formula is C14H19NO2S. The maximum Gasteiger partial charge on any atom is 0.119 e. The van der Waals surface area contributed by atoms with Gasteiger partial charge >= 0.3 is 0 Å². The minimum absolute atomic E-state index is 0.453. The molecule has 98 valence electrons. The third-order valence-corrected chi connectivity index (χ3v) is 4.29. The predicted octanol–water partition coefficient (Wildman–Crippen LogP) is 2.73. The van der Waals surface area contributed by atoms with E-state index in [2.05, 4.69) is 19.9 Å². The van der Waals surface area contributed by atoms with Crippen molar-refractivity contribution in [2.75, 3.05) is 18.1 Å². The van der Waals surface area contributed by atoms with Crippen LogP contribution in [0.1, 0.15) is 25.8 Å². The van der Waals surface area contributed by atoms with Crippen LogP contribution in [0.3, 0.4) is 0 Å². The van der Waals surface area contributed by atoms with E-state index in [9.17, 15) is 4.21 Å². The van der Waals surface area contributed by atoms with Crippen molar-refractivity contribution in [2.45, 2.75) is 20.3 Å². The van der Waals surface area contributed by atoms with Crippen molar-refractivity contribution < 1.29 is 8.95 Å². The molecule has 0 amide bonds. The molecule has 0 aromatic heterocycles. The summed E-state index contributed by atoms with van der Waals surface area (Å²) in [6, 6.07) is 9.00. The molecule has 0 aliphatic carbocycles. The van der Waals surface area contributed by atoms with Gasteiger partial charge in [0.1, 0.15) is 5.75 Å². The van der Waals surface area contributed by atoms with Crippen LogP contribution in [0.2, 0.25) is 0 Å². The van der Waals surface area contributed by atoms with Gasteiger partial charge in [0.15, 0.2) is 0 Å². The molecule has 0 saturated carbocycles. The highest BCUT2D eigenvalue weighted by Crippen LogP contribution is 2.11. The minimum atomic E-state index is -0.807. The van der Waals surface area contributed by atoms with Gasteiger partial charge < -0.3 is 4.74 Å². The second-order valence-electron chi connectivity index (χ2n) is 4.31. The topological polar surface area (TPSA) is 50.1 Å². The molecule has 1 aromatic carbocycles. The molecule has 0 spiro atoms. The number of nitrogens with zero attached hydrogens (tertiary/aromatic N) is 1. The number of rotatable bonds is 7. The summed E-state index contributed by atoms with van der Waals surface area (Å²) in [5, 5.41) is 8.65. The Hall–Kier alpha value is -1.34. The number of nitriles is 1. The predicted molar refractivity (Wildman–Crippen MR) is 74.0 cm³/mol. The summed E-state index contributed by atoms with van der Waals surface area (Å²) in [5.74, 6) is 2.52. The lowest BCUT2D eigenvalue weighted by Crippen LogP contribution is -2.15. The van der Waals surface area contributed by atoms with Crippen molar-refractivity contribution in [3.63, 3.8) is 0 Å². The largest absolute Gasteiger partial charge is 0.493 e. The van der Waals surface area contributed by atoms with Crippen LogP contribution >= 0.6 is 0 Å². The van der Waals surface area contributed by atoms with Gasteiger partial charge in [0.2, 0.25) is 0 Å². The normalized spacial score (nSPS) is 13.6. The molecule has 2 unspecified atom stereocenters. The van der Waals surface area contributed by atoms with Gasteiger partial charge in [-0.2, -0.15) is 5.26 Å². The van der Waals surface area contributed by atoms with Gasteiger partial charge in [-0.3, -0.25) is 4.21 Å². The van der Waals surface area contributed by atoms with Gasteiger partial charge in [0.25, 0.3) is 0 Å². The molecule has 1 rings (SSSR count). The zero-order valence-electron chi connectivity index (χ0n) is 10.9. The molecule has 1 aromatic rings. The fraction of sp³-hybridized carbons (Fsp3) is 0.500. The molecule has 3 nitrogen and oxygen atoms in total. The number of hydrogen-bond acceptors (Lipinski definition) is 3. The van der Waals surface area contributed by atoms with Gasteiger partial charge in [-0.25, -0.2) is 0 Å². The molecular weight excluding hydrogens is 246 g/mol. The Balaban J connectivity index is 2.29. The number of ether oxygens (including phenoxy) is 1. The van der Waals surface area contributed by atoms with Crippen molar-refractivity contribution in [3.8, 4) is 11.8 Å². The average molecular weight is 265 g/mol. The highest BCUT2D eigenvalue weighted by molar-refractivity contribution is 7.85. The van der Waals surface area contributed by atoms with E-state index >= 15 is 0 Å². The van der Waals surface area contributed by atoms with Gasteiger partial charge in [-0.05, 0) is 30.2 Å². The first-order valence-corrected chi connectivity index (χ1v) is 7.62. The second-order valence-corrected chi connectivity index (χ2v) is 5.93. The van der Waals surface area contributed by atoms with Gasteiger partial charge in [-0.1, -0.05) is 20.3 Å². The lowest BCUT2D eigenvalue weighted by molar-refractivity contribution is 0.342. The van der Waals surface area contributed by atoms with Gasteiger partial charge in [-0.15, -0.1) is 0 Å². The van der Waals surface area contributed by atoms with E-state index in [1.165, 1.54) is 0 Å². The molecule has 0 bridgehead atoms. The summed E-state index contributed by atoms with van der Waals surface area (Å²) in [6.07, 6.45) is 1.06. The molecule has 0 radical (unpaired) electrons. The zero-order chi connectivity index (χ0) is 13.4. The third-order valence-electron chi connectivity index (χ3n) is 2.73. The van der Waals surface area contributed by atoms with E-state index in [4.69, 9.17) is 10.00 Å². The Morgan fingerprint density at radius 3 is 2.61 bits per heavy atom. The van der Waals surface area contributed by atoms with Crippen LogP contribution in [0, 0.1) is 17.2 Å². The van der Waals surface area contributed by atoms with E-state index in [1.807, 2.05) is 0 Å². The van der Waals surface area contributed by atoms with E-state index in [1.54, 1.807) is 24.3 Å². The van der Waals surface area contributed by atoms with Crippen molar-refractivity contribution in [3.05, 3.63) is 29.8 Å². The van der Waals surface area contributed by atoms with E-state index < -0.39 is 10.8 Å². The maximum absolute atomic E-state index is 11.7. The summed E-state index contributed by atoms with van der Waals surface area (Å²) in [5.41, 5.74) is 0.614. The first kappa shape index (κ1) is 14.7. The molecule has 4 heteroatoms. The van der Waals surface area contributed by atoms with Crippen LogP contribution in [-0.4, -0.2) is 22.3 Å². The fourth-order valence-corrected chi connectivity index (χ4v) is 2.70. The monoisotopic (exact) mass is 265 g/mol. The smallest absolute Gasteiger partial charge is 0.119 e. The summed E-state index contributed by atoms with van der Waals surface area (Å²) in [4.78, 5) is 0.